The van der Waals surface area contributed by atoms with E-state index in [1.807, 2.05) is 26.0 Å². The molecule has 0 aliphatic carbocycles. The highest BCUT2D eigenvalue weighted by molar-refractivity contribution is 7.15. The third-order valence-corrected chi connectivity index (χ3v) is 6.39. The summed E-state index contributed by atoms with van der Waals surface area (Å²) in [5.41, 5.74) is 4.13. The van der Waals surface area contributed by atoms with Crippen molar-refractivity contribution in [3.05, 3.63) is 70.3 Å². The summed E-state index contributed by atoms with van der Waals surface area (Å²) in [6, 6.07) is 13.5. The number of nitrogens with zero attached hydrogens (tertiary/aromatic N) is 3. The molecule has 0 spiro atoms. The molecule has 1 aromatic carbocycles. The Bertz CT molecular complexity index is 1430. The molecule has 160 valence electrons. The van der Waals surface area contributed by atoms with Gasteiger partial charge in [-0.25, -0.2) is 4.98 Å². The van der Waals surface area contributed by atoms with Gasteiger partial charge in [-0.1, -0.05) is 23.7 Å². The number of nitrogens with one attached hydrogen (secondary N) is 1. The van der Waals surface area contributed by atoms with Gasteiger partial charge in [0.05, 0.1) is 27.9 Å². The fourth-order valence-corrected chi connectivity index (χ4v) is 4.55. The number of anilines is 1. The van der Waals surface area contributed by atoms with Crippen LogP contribution in [0.5, 0.6) is 0 Å². The molecule has 8 heteroatoms. The summed E-state index contributed by atoms with van der Waals surface area (Å²) in [6.07, 6.45) is 2.47. The number of rotatable bonds is 5. The molecular weight excluding hydrogens is 424 g/mol. The van der Waals surface area contributed by atoms with Gasteiger partial charge in [0.1, 0.15) is 0 Å². The molecule has 0 aliphatic rings. The van der Waals surface area contributed by atoms with Crippen molar-refractivity contribution in [2.45, 2.75) is 27.2 Å². The highest BCUT2D eigenvalue weighted by atomic mass is 32.1. The number of hydrogen-bond acceptors (Lipinski definition) is 7. The molecule has 0 bridgehead atoms. The number of hydrogen-bond donors (Lipinski definition) is 1. The number of pyridine rings is 1. The molecular formula is C24H20N4O3S. The molecule has 0 radical (unpaired) electrons. The van der Waals surface area contributed by atoms with Crippen LogP contribution in [-0.2, 0) is 6.42 Å². The number of carbonyl (C=O) groups is 1. The molecule has 0 unspecified atom stereocenters. The zero-order chi connectivity index (χ0) is 22.2. The minimum Gasteiger partial charge on any atom is -0.459 e. The first kappa shape index (κ1) is 20.1. The highest BCUT2D eigenvalue weighted by Gasteiger charge is 2.19. The monoisotopic (exact) mass is 444 g/mol. The molecule has 0 fully saturated rings. The van der Waals surface area contributed by atoms with E-state index in [2.05, 4.69) is 40.6 Å². The summed E-state index contributed by atoms with van der Waals surface area (Å²) in [7, 11) is 0. The molecule has 0 aliphatic heterocycles. The van der Waals surface area contributed by atoms with E-state index in [1.165, 1.54) is 11.1 Å². The number of aromatic nitrogens is 3. The van der Waals surface area contributed by atoms with E-state index in [1.54, 1.807) is 23.5 Å². The number of benzene rings is 1. The van der Waals surface area contributed by atoms with E-state index in [4.69, 9.17) is 13.8 Å². The van der Waals surface area contributed by atoms with Gasteiger partial charge >= 0.3 is 6.01 Å². The predicted molar refractivity (Wildman–Crippen MR) is 124 cm³/mol. The van der Waals surface area contributed by atoms with Gasteiger partial charge in [0.2, 0.25) is 0 Å². The predicted octanol–water partition coefficient (Wildman–Crippen LogP) is 6.04. The van der Waals surface area contributed by atoms with Crippen LogP contribution in [0.15, 0.2) is 57.6 Å². The third kappa shape index (κ3) is 3.69. The van der Waals surface area contributed by atoms with Gasteiger partial charge in [0.25, 0.3) is 11.8 Å². The van der Waals surface area contributed by atoms with Crippen LogP contribution in [0.3, 0.4) is 0 Å². The second kappa shape index (κ2) is 8.05. The number of thiophene rings is 1. The molecule has 1 amide bonds. The first-order valence-corrected chi connectivity index (χ1v) is 11.0. The smallest absolute Gasteiger partial charge is 0.322 e. The number of amides is 1. The minimum absolute atomic E-state index is 0.00156. The molecule has 7 nitrogen and oxygen atoms in total. The molecule has 0 atom stereocenters. The SMILES string of the molecule is CCc1ccc(-c2cc(C(=O)Nc3nnc(-c4ccco4)o3)c3cc(C)cc(C)c3n2)s1. The summed E-state index contributed by atoms with van der Waals surface area (Å²) in [4.78, 5) is 20.5. The van der Waals surface area contributed by atoms with E-state index >= 15 is 0 Å². The Labute approximate surface area is 188 Å². The summed E-state index contributed by atoms with van der Waals surface area (Å²) in [5.74, 6) is 0.291. The van der Waals surface area contributed by atoms with Crippen molar-refractivity contribution in [3.63, 3.8) is 0 Å². The zero-order valence-electron chi connectivity index (χ0n) is 17.8. The molecule has 4 heterocycles. The van der Waals surface area contributed by atoms with E-state index in [0.29, 0.717) is 11.3 Å². The molecule has 5 rings (SSSR count). The van der Waals surface area contributed by atoms with E-state index in [-0.39, 0.29) is 17.8 Å². The third-order valence-electron chi connectivity index (χ3n) is 5.13. The Morgan fingerprint density at radius 3 is 2.75 bits per heavy atom. The summed E-state index contributed by atoms with van der Waals surface area (Å²) in [5, 5.41) is 11.4. The van der Waals surface area contributed by atoms with Gasteiger partial charge in [-0.15, -0.1) is 16.4 Å². The minimum atomic E-state index is -0.342. The molecule has 5 aromatic rings. The number of furan rings is 1. The highest BCUT2D eigenvalue weighted by Crippen LogP contribution is 2.32. The normalized spacial score (nSPS) is 11.2. The van der Waals surface area contributed by atoms with Gasteiger partial charge in [0.15, 0.2) is 5.76 Å². The lowest BCUT2D eigenvalue weighted by molar-refractivity contribution is 0.102. The lowest BCUT2D eigenvalue weighted by Crippen LogP contribution is -2.13. The molecule has 0 saturated heterocycles. The zero-order valence-corrected chi connectivity index (χ0v) is 18.6. The van der Waals surface area contributed by atoms with Crippen molar-refractivity contribution >= 4 is 34.2 Å². The summed E-state index contributed by atoms with van der Waals surface area (Å²) >= 11 is 1.68. The van der Waals surface area contributed by atoms with Crippen LogP contribution in [0.2, 0.25) is 0 Å². The summed E-state index contributed by atoms with van der Waals surface area (Å²) in [6.45, 7) is 6.13. The first-order chi connectivity index (χ1) is 15.5. The maximum absolute atomic E-state index is 13.3. The van der Waals surface area contributed by atoms with Crippen LogP contribution in [0, 0.1) is 13.8 Å². The van der Waals surface area contributed by atoms with Crippen LogP contribution in [0.25, 0.3) is 33.1 Å². The van der Waals surface area contributed by atoms with Crippen molar-refractivity contribution in [1.82, 2.24) is 15.2 Å². The van der Waals surface area contributed by atoms with Crippen molar-refractivity contribution in [2.75, 3.05) is 5.32 Å². The molecule has 32 heavy (non-hydrogen) atoms. The second-order valence-electron chi connectivity index (χ2n) is 7.50. The second-order valence-corrected chi connectivity index (χ2v) is 8.66. The summed E-state index contributed by atoms with van der Waals surface area (Å²) < 4.78 is 10.8. The average Bonchev–Trinajstić information content (AvgIpc) is 3.54. The van der Waals surface area contributed by atoms with Crippen LogP contribution >= 0.6 is 11.3 Å². The maximum Gasteiger partial charge on any atom is 0.322 e. The van der Waals surface area contributed by atoms with Crippen molar-refractivity contribution < 1.29 is 13.6 Å². The van der Waals surface area contributed by atoms with Crippen LogP contribution in [0.1, 0.15) is 33.3 Å². The fourth-order valence-electron chi connectivity index (χ4n) is 3.64. The number of fused-ring (bicyclic) bond motifs is 1. The van der Waals surface area contributed by atoms with Gasteiger partial charge in [0, 0.05) is 10.3 Å². The lowest BCUT2D eigenvalue weighted by Gasteiger charge is -2.11. The molecule has 4 aromatic heterocycles. The quantitative estimate of drug-likeness (QED) is 0.355. The number of carbonyl (C=O) groups excluding carboxylic acids is 1. The van der Waals surface area contributed by atoms with Gasteiger partial charge in [-0.2, -0.15) is 0 Å². The van der Waals surface area contributed by atoms with Crippen LogP contribution in [-0.4, -0.2) is 21.1 Å². The maximum atomic E-state index is 13.3. The Hall–Kier alpha value is -3.78. The van der Waals surface area contributed by atoms with Crippen LogP contribution < -0.4 is 5.32 Å². The Kier molecular flexibility index (Phi) is 5.07. The van der Waals surface area contributed by atoms with Crippen molar-refractivity contribution in [3.8, 4) is 22.2 Å². The van der Waals surface area contributed by atoms with Crippen molar-refractivity contribution in [1.29, 1.82) is 0 Å². The lowest BCUT2D eigenvalue weighted by atomic mass is 10.0. The van der Waals surface area contributed by atoms with Gasteiger partial charge < -0.3 is 8.83 Å². The first-order valence-electron chi connectivity index (χ1n) is 10.2. The van der Waals surface area contributed by atoms with E-state index < -0.39 is 0 Å². The topological polar surface area (TPSA) is 94.1 Å². The standard InChI is InChI=1S/C24H20N4O3S/c1-4-15-7-8-20(32-15)18-12-17(16-11-13(2)10-14(3)21(16)25-18)22(29)26-24-28-27-23(31-24)19-6-5-9-30-19/h5-12H,4H2,1-3H3,(H,26,28,29). The average molecular weight is 445 g/mol. The Morgan fingerprint density at radius 2 is 2.00 bits per heavy atom. The Morgan fingerprint density at radius 1 is 1.12 bits per heavy atom. The van der Waals surface area contributed by atoms with Crippen LogP contribution in [0.4, 0.5) is 6.01 Å². The molecule has 1 N–H and O–H groups in total. The fraction of sp³-hybridized carbons (Fsp3) is 0.167. The van der Waals surface area contributed by atoms with E-state index in [0.717, 1.165) is 39.0 Å². The molecule has 0 saturated carbocycles. The van der Waals surface area contributed by atoms with Gasteiger partial charge in [-0.05, 0) is 62.2 Å². The van der Waals surface area contributed by atoms with E-state index in [9.17, 15) is 4.79 Å². The van der Waals surface area contributed by atoms with Gasteiger partial charge in [-0.3, -0.25) is 10.1 Å². The largest absolute Gasteiger partial charge is 0.459 e. The van der Waals surface area contributed by atoms with Crippen molar-refractivity contribution in [2.24, 2.45) is 0 Å². The Balaban J connectivity index is 1.57. The number of aryl methyl sites for hydroxylation is 3.